The van der Waals surface area contributed by atoms with Crippen molar-refractivity contribution in [2.75, 3.05) is 26.9 Å². The van der Waals surface area contributed by atoms with Crippen LogP contribution in [0.5, 0.6) is 5.75 Å². The summed E-state index contributed by atoms with van der Waals surface area (Å²) in [7, 11) is 1.69. The van der Waals surface area contributed by atoms with Gasteiger partial charge < -0.3 is 24.1 Å². The Morgan fingerprint density at radius 3 is 2.67 bits per heavy atom. The Labute approximate surface area is 181 Å². The third-order valence-electron chi connectivity index (χ3n) is 5.10. The lowest BCUT2D eigenvalue weighted by Gasteiger charge is -2.25. The number of thiocarbonyl (C=S) groups is 1. The SMILES string of the molecule is CCOc1ccc(-c2ccc([C@@H]3[C@@H](c4ccccn4)NC(=S)N3CCOC)o2)cc1. The smallest absolute Gasteiger partial charge is 0.170 e. The number of nitrogens with zero attached hydrogens (tertiary/aromatic N) is 2. The monoisotopic (exact) mass is 423 g/mol. The van der Waals surface area contributed by atoms with Crippen LogP contribution in [0.15, 0.2) is 65.2 Å². The minimum absolute atomic E-state index is 0.102. The maximum absolute atomic E-state index is 6.31. The second-order valence-electron chi connectivity index (χ2n) is 6.97. The van der Waals surface area contributed by atoms with Gasteiger partial charge in [-0.3, -0.25) is 4.98 Å². The molecule has 0 bridgehead atoms. The van der Waals surface area contributed by atoms with Gasteiger partial charge in [-0.25, -0.2) is 0 Å². The van der Waals surface area contributed by atoms with E-state index >= 15 is 0 Å². The number of hydrogen-bond donors (Lipinski definition) is 1. The van der Waals surface area contributed by atoms with E-state index in [-0.39, 0.29) is 12.1 Å². The van der Waals surface area contributed by atoms with Crippen molar-refractivity contribution in [1.29, 1.82) is 0 Å². The van der Waals surface area contributed by atoms with Gasteiger partial charge in [-0.2, -0.15) is 0 Å². The highest BCUT2D eigenvalue weighted by Gasteiger charge is 2.41. The van der Waals surface area contributed by atoms with Crippen molar-refractivity contribution in [3.8, 4) is 17.1 Å². The maximum Gasteiger partial charge on any atom is 0.170 e. The second-order valence-corrected chi connectivity index (χ2v) is 7.36. The summed E-state index contributed by atoms with van der Waals surface area (Å²) in [4.78, 5) is 6.65. The highest BCUT2D eigenvalue weighted by Crippen LogP contribution is 2.40. The average molecular weight is 424 g/mol. The molecule has 0 aliphatic carbocycles. The van der Waals surface area contributed by atoms with Crippen LogP contribution in [-0.4, -0.2) is 41.9 Å². The molecule has 4 rings (SSSR count). The summed E-state index contributed by atoms with van der Waals surface area (Å²) in [5.74, 6) is 2.48. The van der Waals surface area contributed by atoms with Crippen molar-refractivity contribution < 1.29 is 13.9 Å². The van der Waals surface area contributed by atoms with Gasteiger partial charge >= 0.3 is 0 Å². The Hall–Kier alpha value is -2.90. The Kier molecular flexibility index (Phi) is 6.30. The summed E-state index contributed by atoms with van der Waals surface area (Å²) in [6.45, 7) is 3.85. The quantitative estimate of drug-likeness (QED) is 0.540. The van der Waals surface area contributed by atoms with Crippen molar-refractivity contribution in [3.05, 3.63) is 72.2 Å². The normalized spacial score (nSPS) is 18.5. The van der Waals surface area contributed by atoms with E-state index in [0.717, 1.165) is 28.5 Å². The average Bonchev–Trinajstić information content (AvgIpc) is 3.38. The Balaban J connectivity index is 1.65. The molecule has 1 aromatic carbocycles. The van der Waals surface area contributed by atoms with Gasteiger partial charge in [-0.05, 0) is 67.7 Å². The summed E-state index contributed by atoms with van der Waals surface area (Å²) in [5, 5.41) is 4.08. The lowest BCUT2D eigenvalue weighted by molar-refractivity contribution is 0.158. The fraction of sp³-hybridized carbons (Fsp3) is 0.304. The summed E-state index contributed by atoms with van der Waals surface area (Å²) in [6, 6.07) is 17.6. The predicted molar refractivity (Wildman–Crippen MR) is 119 cm³/mol. The first-order valence-corrected chi connectivity index (χ1v) is 10.4. The van der Waals surface area contributed by atoms with E-state index in [2.05, 4.69) is 15.2 Å². The highest BCUT2D eigenvalue weighted by molar-refractivity contribution is 7.80. The molecule has 1 fully saturated rings. The number of benzene rings is 1. The zero-order valence-electron chi connectivity index (χ0n) is 17.1. The molecule has 2 atom stereocenters. The molecule has 1 saturated heterocycles. The molecular formula is C23H25N3O3S. The van der Waals surface area contributed by atoms with Gasteiger partial charge in [0.25, 0.3) is 0 Å². The van der Waals surface area contributed by atoms with Crippen LogP contribution in [0.3, 0.4) is 0 Å². The molecule has 0 saturated carbocycles. The van der Waals surface area contributed by atoms with Gasteiger partial charge in [0.2, 0.25) is 0 Å². The van der Waals surface area contributed by atoms with Gasteiger partial charge in [0.05, 0.1) is 24.9 Å². The number of ether oxygens (including phenoxy) is 2. The van der Waals surface area contributed by atoms with Crippen LogP contribution in [-0.2, 0) is 4.74 Å². The molecule has 3 aromatic rings. The molecule has 1 aliphatic heterocycles. The van der Waals surface area contributed by atoms with Crippen LogP contribution in [0.25, 0.3) is 11.3 Å². The second kappa shape index (κ2) is 9.28. The van der Waals surface area contributed by atoms with E-state index in [1.807, 2.05) is 61.5 Å². The maximum atomic E-state index is 6.31. The lowest BCUT2D eigenvalue weighted by atomic mass is 10.0. The number of hydrogen-bond acceptors (Lipinski definition) is 5. The van der Waals surface area contributed by atoms with E-state index in [9.17, 15) is 0 Å². The van der Waals surface area contributed by atoms with Gasteiger partial charge in [-0.1, -0.05) is 6.07 Å². The number of aromatic nitrogens is 1. The zero-order chi connectivity index (χ0) is 20.9. The largest absolute Gasteiger partial charge is 0.494 e. The molecule has 0 unspecified atom stereocenters. The van der Waals surface area contributed by atoms with E-state index in [1.165, 1.54) is 0 Å². The third kappa shape index (κ3) is 4.17. The number of nitrogens with one attached hydrogen (secondary N) is 1. The predicted octanol–water partition coefficient (Wildman–Crippen LogP) is 4.36. The first kappa shape index (κ1) is 20.4. The molecule has 1 aliphatic rings. The first-order valence-electron chi connectivity index (χ1n) is 10.0. The Morgan fingerprint density at radius 1 is 1.13 bits per heavy atom. The van der Waals surface area contributed by atoms with Crippen LogP contribution < -0.4 is 10.1 Å². The van der Waals surface area contributed by atoms with Crippen molar-refractivity contribution in [2.45, 2.75) is 19.0 Å². The van der Waals surface area contributed by atoms with Crippen molar-refractivity contribution in [2.24, 2.45) is 0 Å². The van der Waals surface area contributed by atoms with Gasteiger partial charge in [0.15, 0.2) is 5.11 Å². The molecule has 2 aromatic heterocycles. The molecule has 0 amide bonds. The molecule has 3 heterocycles. The van der Waals surface area contributed by atoms with Gasteiger partial charge in [0, 0.05) is 25.4 Å². The standard InChI is InChI=1S/C23H25N3O3S/c1-3-28-17-9-7-16(8-10-17)19-11-12-20(29-19)22-21(18-6-4-5-13-24-18)25-23(30)26(22)14-15-27-2/h4-13,21-22H,3,14-15H2,1-2H3,(H,25,30)/t21-,22-/m1/s1. The molecule has 1 N–H and O–H groups in total. The number of furan rings is 1. The van der Waals surface area contributed by atoms with E-state index < -0.39 is 0 Å². The van der Waals surface area contributed by atoms with Crippen LogP contribution >= 0.6 is 12.2 Å². The van der Waals surface area contributed by atoms with Crippen molar-refractivity contribution in [1.82, 2.24) is 15.2 Å². The van der Waals surface area contributed by atoms with Crippen LogP contribution in [0.1, 0.15) is 30.5 Å². The first-order chi connectivity index (χ1) is 14.7. The third-order valence-corrected chi connectivity index (χ3v) is 5.45. The van der Waals surface area contributed by atoms with Gasteiger partial charge in [0.1, 0.15) is 23.3 Å². The molecule has 7 heteroatoms. The fourth-order valence-electron chi connectivity index (χ4n) is 3.69. The van der Waals surface area contributed by atoms with Crippen LogP contribution in [0, 0.1) is 0 Å². The summed E-state index contributed by atoms with van der Waals surface area (Å²) in [6.07, 6.45) is 1.79. The Bertz CT molecular complexity index is 975. The zero-order valence-corrected chi connectivity index (χ0v) is 17.9. The minimum atomic E-state index is -0.112. The lowest BCUT2D eigenvalue weighted by Crippen LogP contribution is -2.32. The van der Waals surface area contributed by atoms with Crippen LogP contribution in [0.4, 0.5) is 0 Å². The molecule has 156 valence electrons. The summed E-state index contributed by atoms with van der Waals surface area (Å²) in [5.41, 5.74) is 1.92. The fourth-order valence-corrected chi connectivity index (χ4v) is 4.03. The molecule has 6 nitrogen and oxygen atoms in total. The van der Waals surface area contributed by atoms with E-state index in [0.29, 0.717) is 24.9 Å². The molecular weight excluding hydrogens is 398 g/mol. The molecule has 0 spiro atoms. The number of rotatable bonds is 8. The number of pyridine rings is 1. The van der Waals surface area contributed by atoms with Crippen molar-refractivity contribution in [3.63, 3.8) is 0 Å². The van der Waals surface area contributed by atoms with E-state index in [1.54, 1.807) is 13.3 Å². The van der Waals surface area contributed by atoms with Crippen molar-refractivity contribution >= 4 is 17.3 Å². The highest BCUT2D eigenvalue weighted by atomic mass is 32.1. The Morgan fingerprint density at radius 2 is 1.97 bits per heavy atom. The minimum Gasteiger partial charge on any atom is -0.494 e. The molecule has 30 heavy (non-hydrogen) atoms. The summed E-state index contributed by atoms with van der Waals surface area (Å²) < 4.78 is 17.1. The van der Waals surface area contributed by atoms with E-state index in [4.69, 9.17) is 26.1 Å². The van der Waals surface area contributed by atoms with Crippen LogP contribution in [0.2, 0.25) is 0 Å². The topological polar surface area (TPSA) is 59.8 Å². The summed E-state index contributed by atoms with van der Waals surface area (Å²) >= 11 is 5.62. The van der Waals surface area contributed by atoms with Gasteiger partial charge in [-0.15, -0.1) is 0 Å². The number of methoxy groups -OCH3 is 1. The molecule has 0 radical (unpaired) electrons.